The zero-order chi connectivity index (χ0) is 14.8. The summed E-state index contributed by atoms with van der Waals surface area (Å²) in [6, 6.07) is 0. The van der Waals surface area contributed by atoms with E-state index in [1.54, 1.807) is 0 Å². The molecule has 4 heteroatoms. The molecule has 3 fully saturated rings. The van der Waals surface area contributed by atoms with Gasteiger partial charge in [-0.2, -0.15) is 0 Å². The first-order valence-electron chi connectivity index (χ1n) is 9.41. The van der Waals surface area contributed by atoms with Crippen LogP contribution in [0.15, 0.2) is 0 Å². The molecule has 0 aliphatic heterocycles. The first-order chi connectivity index (χ1) is 10.1. The smallest absolute Gasteiger partial charge is 0.131 e. The predicted molar refractivity (Wildman–Crippen MR) is 93.0 cm³/mol. The molecule has 3 aliphatic carbocycles. The summed E-state index contributed by atoms with van der Waals surface area (Å²) in [5, 5.41) is 0. The van der Waals surface area contributed by atoms with E-state index in [4.69, 9.17) is 0 Å². The molecule has 0 radical (unpaired) electrons. The van der Waals surface area contributed by atoms with Crippen molar-refractivity contribution >= 4 is 0 Å². The van der Waals surface area contributed by atoms with Crippen molar-refractivity contribution in [2.45, 2.75) is 89.9 Å². The second-order valence-electron chi connectivity index (χ2n) is 8.30. The molecule has 0 saturated heterocycles. The Bertz CT molecular complexity index is 329. The molecule has 0 aromatic carbocycles. The molecular weight excluding hydrogens is 298 g/mol. The monoisotopic (exact) mass is 336 g/mol. The minimum Gasteiger partial charge on any atom is -0.412 e. The normalized spacial score (nSPS) is 44.7. The second kappa shape index (κ2) is 9.31. The topological polar surface area (TPSA) is 63.0 Å². The van der Waals surface area contributed by atoms with Gasteiger partial charge in [0.15, 0.2) is 0 Å². The van der Waals surface area contributed by atoms with Gasteiger partial charge in [-0.05, 0) is 87.4 Å². The van der Waals surface area contributed by atoms with Crippen LogP contribution in [0.5, 0.6) is 0 Å². The van der Waals surface area contributed by atoms with Crippen LogP contribution >= 0.6 is 0 Å². The Hall–Kier alpha value is -0.220. The highest BCUT2D eigenvalue weighted by molar-refractivity contribution is 4.87. The number of rotatable bonds is 2. The average molecular weight is 337 g/mol. The fourth-order valence-electron chi connectivity index (χ4n) is 5.38. The maximum Gasteiger partial charge on any atom is 0.131 e. The van der Waals surface area contributed by atoms with Gasteiger partial charge < -0.3 is 11.0 Å². The van der Waals surface area contributed by atoms with E-state index < -0.39 is 12.3 Å². The zero-order valence-corrected chi connectivity index (χ0v) is 14.6. The predicted octanol–water partition coefficient (Wildman–Crippen LogP) is 4.69. The first-order valence-corrected chi connectivity index (χ1v) is 9.41. The zero-order valence-electron chi connectivity index (χ0n) is 14.6. The highest BCUT2D eigenvalue weighted by Gasteiger charge is 2.37. The maximum absolute atomic E-state index is 13.6. The van der Waals surface area contributed by atoms with Crippen molar-refractivity contribution in [3.05, 3.63) is 0 Å². The van der Waals surface area contributed by atoms with Gasteiger partial charge in [-0.1, -0.05) is 19.8 Å². The quantitative estimate of drug-likeness (QED) is 0.702. The van der Waals surface area contributed by atoms with Gasteiger partial charge in [-0.15, -0.1) is 0 Å². The van der Waals surface area contributed by atoms with Crippen molar-refractivity contribution in [2.75, 3.05) is 0 Å². The van der Waals surface area contributed by atoms with Crippen LogP contribution in [0.3, 0.4) is 0 Å². The fraction of sp³-hybridized carbons (Fsp3) is 1.00. The molecule has 3 saturated carbocycles. The highest BCUT2D eigenvalue weighted by atomic mass is 19.2. The Morgan fingerprint density at radius 3 is 1.43 bits per heavy atom. The number of hydrogen-bond acceptors (Lipinski definition) is 0. The molecule has 0 amide bonds. The van der Waals surface area contributed by atoms with E-state index >= 15 is 0 Å². The molecule has 0 bridgehead atoms. The van der Waals surface area contributed by atoms with Crippen LogP contribution in [0.1, 0.15) is 79.0 Å². The largest absolute Gasteiger partial charge is 0.412 e. The van der Waals surface area contributed by atoms with Crippen molar-refractivity contribution in [1.82, 2.24) is 0 Å². The Kier molecular flexibility index (Phi) is 8.43. The van der Waals surface area contributed by atoms with E-state index in [0.29, 0.717) is 24.7 Å². The molecule has 0 heterocycles. The van der Waals surface area contributed by atoms with Gasteiger partial charge in [-0.3, -0.25) is 0 Å². The van der Waals surface area contributed by atoms with Crippen LogP contribution in [-0.2, 0) is 0 Å². The van der Waals surface area contributed by atoms with E-state index in [2.05, 4.69) is 6.92 Å². The van der Waals surface area contributed by atoms with Gasteiger partial charge >= 0.3 is 0 Å². The Morgan fingerprint density at radius 2 is 0.957 bits per heavy atom. The first kappa shape index (κ1) is 20.8. The van der Waals surface area contributed by atoms with Gasteiger partial charge in [0.25, 0.3) is 0 Å². The molecule has 0 aromatic rings. The summed E-state index contributed by atoms with van der Waals surface area (Å²) >= 11 is 0. The summed E-state index contributed by atoms with van der Waals surface area (Å²) in [5.74, 6) is 4.01. The Labute approximate surface area is 141 Å². The van der Waals surface area contributed by atoms with Crippen LogP contribution < -0.4 is 0 Å². The summed E-state index contributed by atoms with van der Waals surface area (Å²) < 4.78 is 26.9. The molecule has 4 N–H and O–H groups in total. The summed E-state index contributed by atoms with van der Waals surface area (Å²) in [5.41, 5.74) is 0. The van der Waals surface area contributed by atoms with Gasteiger partial charge in [0, 0.05) is 1.43 Å². The standard InChI is InChI=1S/C19H32F2.2H2O.H2/c1-13-2-4-14(5-3-13)15-6-8-16(9-7-15)17-10-11-18(20)19(21)12-17;;;/h13-19H,2-12H2,1H3;2*1H2;1H. The van der Waals surface area contributed by atoms with Crippen molar-refractivity contribution in [2.24, 2.45) is 29.6 Å². The number of hydrogen-bond donors (Lipinski definition) is 0. The lowest BCUT2D eigenvalue weighted by molar-refractivity contribution is 0.0476. The van der Waals surface area contributed by atoms with E-state index in [9.17, 15) is 8.78 Å². The van der Waals surface area contributed by atoms with Crippen LogP contribution in [0.2, 0.25) is 0 Å². The number of halogens is 2. The van der Waals surface area contributed by atoms with E-state index in [1.807, 2.05) is 0 Å². The molecule has 140 valence electrons. The molecule has 0 aromatic heterocycles. The maximum atomic E-state index is 13.6. The minimum atomic E-state index is -1.18. The van der Waals surface area contributed by atoms with E-state index in [-0.39, 0.29) is 12.4 Å². The number of alkyl halides is 2. The highest BCUT2D eigenvalue weighted by Crippen LogP contribution is 2.45. The van der Waals surface area contributed by atoms with Gasteiger partial charge in [0.05, 0.1) is 0 Å². The second-order valence-corrected chi connectivity index (χ2v) is 8.30. The van der Waals surface area contributed by atoms with Gasteiger partial charge in [-0.25, -0.2) is 8.78 Å². The Balaban J connectivity index is 0.00000176. The molecule has 3 atom stereocenters. The fourth-order valence-corrected chi connectivity index (χ4v) is 5.38. The third kappa shape index (κ3) is 5.12. The van der Waals surface area contributed by atoms with Gasteiger partial charge in [0.1, 0.15) is 12.3 Å². The summed E-state index contributed by atoms with van der Waals surface area (Å²) in [7, 11) is 0. The van der Waals surface area contributed by atoms with Crippen LogP contribution in [0.4, 0.5) is 8.78 Å². The lowest BCUT2D eigenvalue weighted by Gasteiger charge is -2.41. The van der Waals surface area contributed by atoms with Crippen molar-refractivity contribution in [3.8, 4) is 0 Å². The average Bonchev–Trinajstić information content (AvgIpc) is 2.51. The van der Waals surface area contributed by atoms with Gasteiger partial charge in [0.2, 0.25) is 0 Å². The molecule has 3 rings (SSSR count). The van der Waals surface area contributed by atoms with Crippen LogP contribution in [0.25, 0.3) is 0 Å². The minimum absolute atomic E-state index is 0. The van der Waals surface area contributed by atoms with Crippen molar-refractivity contribution < 1.29 is 21.2 Å². The molecule has 3 aliphatic rings. The third-order valence-corrected chi connectivity index (χ3v) is 6.94. The van der Waals surface area contributed by atoms with Crippen LogP contribution in [0, 0.1) is 29.6 Å². The molecule has 23 heavy (non-hydrogen) atoms. The van der Waals surface area contributed by atoms with E-state index in [0.717, 1.165) is 24.2 Å². The van der Waals surface area contributed by atoms with E-state index in [1.165, 1.54) is 51.4 Å². The lowest BCUT2D eigenvalue weighted by atomic mass is 9.65. The molecule has 2 nitrogen and oxygen atoms in total. The van der Waals surface area contributed by atoms with Crippen LogP contribution in [-0.4, -0.2) is 23.3 Å². The molecule has 0 spiro atoms. The third-order valence-electron chi connectivity index (χ3n) is 6.94. The molecular formula is C19H38F2O2. The SMILES string of the molecule is CC1CCC(C2CCC(C3CCC(F)C(F)C3)CC2)CC1.O.O.[HH]. The van der Waals surface area contributed by atoms with Crippen molar-refractivity contribution in [1.29, 1.82) is 0 Å². The molecule has 3 unspecified atom stereocenters. The van der Waals surface area contributed by atoms with Crippen molar-refractivity contribution in [3.63, 3.8) is 0 Å². The summed E-state index contributed by atoms with van der Waals surface area (Å²) in [6.07, 6.45) is 10.5. The summed E-state index contributed by atoms with van der Waals surface area (Å²) in [6.45, 7) is 2.39. The summed E-state index contributed by atoms with van der Waals surface area (Å²) in [4.78, 5) is 0. The lowest BCUT2D eigenvalue weighted by Crippen LogP contribution is -2.34. The Morgan fingerprint density at radius 1 is 0.565 bits per heavy atom.